The number of carbonyl (C=O) groups is 2. The predicted octanol–water partition coefficient (Wildman–Crippen LogP) is 1.59. The molecular weight excluding hydrogens is 336 g/mol. The Morgan fingerprint density at radius 2 is 2.04 bits per heavy atom. The number of amides is 1. The highest BCUT2D eigenvalue weighted by Crippen LogP contribution is 2.22. The average molecular weight is 358 g/mol. The fourth-order valence-electron chi connectivity index (χ4n) is 3.52. The molecule has 3 heterocycles. The zero-order chi connectivity index (χ0) is 18.1. The number of benzene rings is 1. The van der Waals surface area contributed by atoms with Crippen LogP contribution in [-0.4, -0.2) is 53.5 Å². The van der Waals surface area contributed by atoms with Gasteiger partial charge in [0.2, 0.25) is 0 Å². The fourth-order valence-corrected chi connectivity index (χ4v) is 3.52. The Morgan fingerprint density at radius 1 is 1.27 bits per heavy atom. The van der Waals surface area contributed by atoms with Crippen molar-refractivity contribution in [1.29, 1.82) is 0 Å². The lowest BCUT2D eigenvalue weighted by Gasteiger charge is -2.27. The highest BCUT2D eigenvalue weighted by atomic mass is 16.7. The molecule has 2 saturated heterocycles. The number of cyclic esters (lactones) is 1. The molecule has 26 heavy (non-hydrogen) atoms. The minimum absolute atomic E-state index is 0.194. The lowest BCUT2D eigenvalue weighted by Crippen LogP contribution is -2.43. The number of aromatic nitrogens is 1. The molecule has 0 bridgehead atoms. The summed E-state index contributed by atoms with van der Waals surface area (Å²) in [6, 6.07) is 10.2. The van der Waals surface area contributed by atoms with Crippen molar-refractivity contribution in [2.45, 2.75) is 31.8 Å². The van der Waals surface area contributed by atoms with E-state index in [0.717, 1.165) is 16.6 Å². The molecule has 1 amide bonds. The third kappa shape index (κ3) is 3.32. The fraction of sp³-hybridized carbons (Fsp3) is 0.474. The minimum Gasteiger partial charge on any atom is -0.452 e. The summed E-state index contributed by atoms with van der Waals surface area (Å²) in [5.41, 5.74) is 2.11. The van der Waals surface area contributed by atoms with Crippen LogP contribution in [-0.2, 0) is 37.4 Å². The van der Waals surface area contributed by atoms with Crippen LogP contribution in [0.5, 0.6) is 0 Å². The molecule has 0 spiro atoms. The maximum Gasteiger partial charge on any atom is 0.306 e. The number of aryl methyl sites for hydroxylation is 1. The van der Waals surface area contributed by atoms with Gasteiger partial charge in [-0.2, -0.15) is 0 Å². The Hall–Kier alpha value is -2.38. The third-order valence-corrected chi connectivity index (χ3v) is 4.94. The van der Waals surface area contributed by atoms with Gasteiger partial charge in [0.25, 0.3) is 5.91 Å². The van der Waals surface area contributed by atoms with E-state index < -0.39 is 12.4 Å². The maximum atomic E-state index is 12.9. The van der Waals surface area contributed by atoms with Crippen LogP contribution in [0.2, 0.25) is 0 Å². The van der Waals surface area contributed by atoms with Crippen LogP contribution in [0.15, 0.2) is 30.3 Å². The SMILES string of the molecule is Cn1c(CN(CC2OCCO2)C(=O)C2CCC(=O)O2)cc2ccccc21. The van der Waals surface area contributed by atoms with E-state index in [1.165, 1.54) is 0 Å². The molecule has 2 aliphatic heterocycles. The number of fused-ring (bicyclic) bond motifs is 1. The van der Waals surface area contributed by atoms with Crippen LogP contribution in [0, 0.1) is 0 Å². The van der Waals surface area contributed by atoms with Gasteiger partial charge in [-0.15, -0.1) is 0 Å². The Morgan fingerprint density at radius 3 is 2.73 bits per heavy atom. The van der Waals surface area contributed by atoms with Gasteiger partial charge in [-0.1, -0.05) is 18.2 Å². The molecule has 138 valence electrons. The predicted molar refractivity (Wildman–Crippen MR) is 93.1 cm³/mol. The normalized spacial score (nSPS) is 20.7. The van der Waals surface area contributed by atoms with Gasteiger partial charge in [-0.3, -0.25) is 9.59 Å². The summed E-state index contributed by atoms with van der Waals surface area (Å²) in [4.78, 5) is 26.0. The van der Waals surface area contributed by atoms with Crippen molar-refractivity contribution in [2.24, 2.45) is 7.05 Å². The van der Waals surface area contributed by atoms with E-state index in [0.29, 0.717) is 32.7 Å². The number of para-hydroxylation sites is 1. The van der Waals surface area contributed by atoms with Crippen LogP contribution in [0.1, 0.15) is 18.5 Å². The largest absolute Gasteiger partial charge is 0.452 e. The molecule has 4 rings (SSSR count). The topological polar surface area (TPSA) is 70.0 Å². The Balaban J connectivity index is 1.57. The number of ether oxygens (including phenoxy) is 3. The van der Waals surface area contributed by atoms with Crippen molar-refractivity contribution < 1.29 is 23.8 Å². The van der Waals surface area contributed by atoms with Crippen molar-refractivity contribution in [1.82, 2.24) is 9.47 Å². The van der Waals surface area contributed by atoms with Crippen LogP contribution < -0.4 is 0 Å². The molecule has 0 N–H and O–H groups in total. The average Bonchev–Trinajstić information content (AvgIpc) is 3.36. The van der Waals surface area contributed by atoms with E-state index >= 15 is 0 Å². The molecule has 7 nitrogen and oxygen atoms in total. The van der Waals surface area contributed by atoms with E-state index in [1.54, 1.807) is 4.90 Å². The molecule has 1 atom stereocenters. The number of rotatable bonds is 5. The zero-order valence-electron chi connectivity index (χ0n) is 14.7. The van der Waals surface area contributed by atoms with Gasteiger partial charge >= 0.3 is 5.97 Å². The van der Waals surface area contributed by atoms with Gasteiger partial charge in [0, 0.05) is 31.1 Å². The van der Waals surface area contributed by atoms with Gasteiger partial charge in [-0.05, 0) is 17.5 Å². The summed E-state index contributed by atoms with van der Waals surface area (Å²) in [5.74, 6) is -0.513. The number of hydrogen-bond acceptors (Lipinski definition) is 5. The molecule has 2 aliphatic rings. The summed E-state index contributed by atoms with van der Waals surface area (Å²) >= 11 is 0. The first-order valence-electron chi connectivity index (χ1n) is 8.86. The number of esters is 1. The van der Waals surface area contributed by atoms with Crippen molar-refractivity contribution in [3.05, 3.63) is 36.0 Å². The molecule has 7 heteroatoms. The molecule has 2 fully saturated rings. The summed E-state index contributed by atoms with van der Waals surface area (Å²) < 4.78 is 18.3. The van der Waals surface area contributed by atoms with E-state index in [2.05, 4.69) is 10.6 Å². The lowest BCUT2D eigenvalue weighted by molar-refractivity contribution is -0.156. The lowest BCUT2D eigenvalue weighted by atomic mass is 10.2. The van der Waals surface area contributed by atoms with Crippen molar-refractivity contribution >= 4 is 22.8 Å². The zero-order valence-corrected chi connectivity index (χ0v) is 14.7. The van der Waals surface area contributed by atoms with Crippen LogP contribution in [0.3, 0.4) is 0 Å². The second kappa shape index (κ2) is 7.09. The molecule has 1 aromatic carbocycles. The van der Waals surface area contributed by atoms with Gasteiger partial charge in [-0.25, -0.2) is 0 Å². The number of carbonyl (C=O) groups excluding carboxylic acids is 2. The summed E-state index contributed by atoms with van der Waals surface area (Å²) in [5, 5.41) is 1.12. The van der Waals surface area contributed by atoms with Crippen LogP contribution in [0.4, 0.5) is 0 Å². The summed E-state index contributed by atoms with van der Waals surface area (Å²) in [7, 11) is 1.98. The molecule has 0 radical (unpaired) electrons. The Bertz CT molecular complexity index is 824. The number of nitrogens with zero attached hydrogens (tertiary/aromatic N) is 2. The van der Waals surface area contributed by atoms with Gasteiger partial charge in [0.05, 0.1) is 26.3 Å². The van der Waals surface area contributed by atoms with Crippen molar-refractivity contribution in [2.75, 3.05) is 19.8 Å². The second-order valence-electron chi connectivity index (χ2n) is 6.66. The van der Waals surface area contributed by atoms with E-state index in [1.807, 2.05) is 31.3 Å². The van der Waals surface area contributed by atoms with Gasteiger partial charge < -0.3 is 23.7 Å². The number of hydrogen-bond donors (Lipinski definition) is 0. The van der Waals surface area contributed by atoms with Crippen LogP contribution in [0.25, 0.3) is 10.9 Å². The van der Waals surface area contributed by atoms with E-state index in [-0.39, 0.29) is 18.3 Å². The maximum absolute atomic E-state index is 12.9. The van der Waals surface area contributed by atoms with Gasteiger partial charge in [0.15, 0.2) is 12.4 Å². The molecule has 0 aliphatic carbocycles. The van der Waals surface area contributed by atoms with E-state index in [4.69, 9.17) is 14.2 Å². The third-order valence-electron chi connectivity index (χ3n) is 4.94. The summed E-state index contributed by atoms with van der Waals surface area (Å²) in [6.07, 6.45) is -0.436. The first-order valence-corrected chi connectivity index (χ1v) is 8.86. The van der Waals surface area contributed by atoms with Crippen molar-refractivity contribution in [3.63, 3.8) is 0 Å². The highest BCUT2D eigenvalue weighted by molar-refractivity contribution is 5.87. The second-order valence-corrected chi connectivity index (χ2v) is 6.66. The van der Waals surface area contributed by atoms with Crippen molar-refractivity contribution in [3.8, 4) is 0 Å². The monoisotopic (exact) mass is 358 g/mol. The molecule has 2 aromatic rings. The molecule has 1 aromatic heterocycles. The van der Waals surface area contributed by atoms with E-state index in [9.17, 15) is 9.59 Å². The smallest absolute Gasteiger partial charge is 0.306 e. The molecular formula is C19H22N2O5. The van der Waals surface area contributed by atoms with Crippen LogP contribution >= 0.6 is 0 Å². The Kier molecular flexibility index (Phi) is 4.65. The quantitative estimate of drug-likeness (QED) is 0.759. The van der Waals surface area contributed by atoms with Gasteiger partial charge in [0.1, 0.15) is 0 Å². The highest BCUT2D eigenvalue weighted by Gasteiger charge is 2.35. The summed E-state index contributed by atoms with van der Waals surface area (Å²) in [6.45, 7) is 1.77. The minimum atomic E-state index is -0.710. The molecule has 0 saturated carbocycles. The first kappa shape index (κ1) is 17.1. The standard InChI is InChI=1S/C19H22N2O5/c1-20-14(10-13-4-2-3-5-15(13)20)11-21(12-18-24-8-9-25-18)19(23)16-6-7-17(22)26-16/h2-5,10,16,18H,6-9,11-12H2,1H3. The first-order chi connectivity index (χ1) is 12.6. The molecule has 1 unspecified atom stereocenters. The Labute approximate surface area is 151 Å².